The highest BCUT2D eigenvalue weighted by atomic mass is 16.5. The van der Waals surface area contributed by atoms with Crippen molar-refractivity contribution in [2.75, 3.05) is 0 Å². The molecule has 0 bridgehead atoms. The maximum absolute atomic E-state index is 12.3. The molecule has 0 saturated carbocycles. The predicted molar refractivity (Wildman–Crippen MR) is 78.5 cm³/mol. The molecule has 21 heavy (non-hydrogen) atoms. The number of benzene rings is 1. The van der Waals surface area contributed by atoms with Gasteiger partial charge in [0.2, 0.25) is 0 Å². The highest BCUT2D eigenvalue weighted by Gasteiger charge is 2.58. The maximum Gasteiger partial charge on any atom is 0.318 e. The van der Waals surface area contributed by atoms with Crippen molar-refractivity contribution >= 4 is 5.97 Å². The summed E-state index contributed by atoms with van der Waals surface area (Å²) in [5, 5.41) is 19.0. The standard InChI is InChI=1S/C17H19NO3/c1-2-16(10-7-13-21-16)17(15(19)20,11-6-12-18)14-8-4-3-5-9-14/h3-5,7-9,13H,2,6,10-11H2,1H3,(H,19,20). The highest BCUT2D eigenvalue weighted by molar-refractivity contribution is 5.83. The predicted octanol–water partition coefficient (Wildman–Crippen LogP) is 3.40. The summed E-state index contributed by atoms with van der Waals surface area (Å²) in [5.74, 6) is -0.936. The van der Waals surface area contributed by atoms with Crippen LogP contribution in [0.3, 0.4) is 0 Å². The molecule has 2 rings (SSSR count). The zero-order valence-electron chi connectivity index (χ0n) is 12.1. The third-order valence-electron chi connectivity index (χ3n) is 4.43. The molecule has 0 aliphatic carbocycles. The van der Waals surface area contributed by atoms with E-state index in [-0.39, 0.29) is 12.8 Å². The summed E-state index contributed by atoms with van der Waals surface area (Å²) in [6, 6.07) is 11.2. The van der Waals surface area contributed by atoms with Crippen molar-refractivity contribution in [3.8, 4) is 6.07 Å². The molecule has 1 aromatic rings. The van der Waals surface area contributed by atoms with Crippen LogP contribution in [-0.2, 0) is 14.9 Å². The number of ether oxygens (including phenoxy) is 1. The van der Waals surface area contributed by atoms with Crippen LogP contribution < -0.4 is 0 Å². The molecule has 0 aromatic heterocycles. The zero-order chi connectivity index (χ0) is 15.3. The molecule has 1 heterocycles. The molecular weight excluding hydrogens is 266 g/mol. The Balaban J connectivity index is 2.62. The van der Waals surface area contributed by atoms with E-state index in [0.717, 1.165) is 0 Å². The van der Waals surface area contributed by atoms with E-state index in [9.17, 15) is 9.90 Å². The van der Waals surface area contributed by atoms with Crippen molar-refractivity contribution in [2.45, 2.75) is 43.6 Å². The van der Waals surface area contributed by atoms with Gasteiger partial charge in [-0.3, -0.25) is 4.79 Å². The fourth-order valence-electron chi connectivity index (χ4n) is 3.30. The number of hydrogen-bond donors (Lipinski definition) is 1. The molecule has 2 atom stereocenters. The fraction of sp³-hybridized carbons (Fsp3) is 0.412. The SMILES string of the molecule is CCC1(C(CCC#N)(C(=O)O)c2ccccc2)CC=CO1. The number of hydrogen-bond acceptors (Lipinski definition) is 3. The van der Waals surface area contributed by atoms with E-state index < -0.39 is 17.0 Å². The quantitative estimate of drug-likeness (QED) is 0.869. The summed E-state index contributed by atoms with van der Waals surface area (Å²) in [4.78, 5) is 12.3. The Labute approximate surface area is 124 Å². The fourth-order valence-corrected chi connectivity index (χ4v) is 3.30. The van der Waals surface area contributed by atoms with Crippen molar-refractivity contribution in [3.63, 3.8) is 0 Å². The van der Waals surface area contributed by atoms with Gasteiger partial charge in [-0.05, 0) is 24.5 Å². The average Bonchev–Trinajstić information content (AvgIpc) is 2.99. The van der Waals surface area contributed by atoms with Crippen molar-refractivity contribution in [2.24, 2.45) is 0 Å². The first-order valence-electron chi connectivity index (χ1n) is 7.11. The molecule has 0 radical (unpaired) electrons. The second-order valence-corrected chi connectivity index (χ2v) is 5.28. The van der Waals surface area contributed by atoms with Gasteiger partial charge in [0.05, 0.1) is 12.3 Å². The number of carboxylic acid groups (broad SMARTS) is 1. The molecule has 0 spiro atoms. The van der Waals surface area contributed by atoms with Crippen molar-refractivity contribution in [1.82, 2.24) is 0 Å². The van der Waals surface area contributed by atoms with Crippen LogP contribution in [0.1, 0.15) is 38.2 Å². The molecule has 0 saturated heterocycles. The minimum Gasteiger partial charge on any atom is -0.493 e. The van der Waals surface area contributed by atoms with Crippen molar-refractivity contribution in [1.29, 1.82) is 5.26 Å². The Hall–Kier alpha value is -2.28. The van der Waals surface area contributed by atoms with E-state index in [1.807, 2.05) is 43.3 Å². The van der Waals surface area contributed by atoms with Gasteiger partial charge in [0.25, 0.3) is 0 Å². The van der Waals surface area contributed by atoms with Crippen molar-refractivity contribution in [3.05, 3.63) is 48.2 Å². The Bertz CT molecular complexity index is 565. The van der Waals surface area contributed by atoms with Gasteiger partial charge in [-0.25, -0.2) is 0 Å². The van der Waals surface area contributed by atoms with Crippen LogP contribution in [0.25, 0.3) is 0 Å². The molecule has 2 unspecified atom stereocenters. The Kier molecular flexibility index (Phi) is 4.32. The lowest BCUT2D eigenvalue weighted by Crippen LogP contribution is -2.56. The lowest BCUT2D eigenvalue weighted by atomic mass is 9.62. The van der Waals surface area contributed by atoms with Gasteiger partial charge in [-0.1, -0.05) is 37.3 Å². The first-order valence-corrected chi connectivity index (χ1v) is 7.11. The molecule has 1 N–H and O–H groups in total. The van der Waals surface area contributed by atoms with Crippen LogP contribution in [-0.4, -0.2) is 16.7 Å². The molecule has 4 nitrogen and oxygen atoms in total. The summed E-state index contributed by atoms with van der Waals surface area (Å²) in [6.45, 7) is 1.93. The minimum atomic E-state index is -1.22. The topological polar surface area (TPSA) is 70.3 Å². The summed E-state index contributed by atoms with van der Waals surface area (Å²) in [7, 11) is 0. The number of nitrogens with zero attached hydrogens (tertiary/aromatic N) is 1. The van der Waals surface area contributed by atoms with Gasteiger partial charge >= 0.3 is 5.97 Å². The molecule has 1 aromatic carbocycles. The Morgan fingerprint density at radius 3 is 2.67 bits per heavy atom. The number of nitriles is 1. The summed E-state index contributed by atoms with van der Waals surface area (Å²) >= 11 is 0. The van der Waals surface area contributed by atoms with E-state index in [4.69, 9.17) is 10.00 Å². The van der Waals surface area contributed by atoms with E-state index in [1.54, 1.807) is 6.26 Å². The monoisotopic (exact) mass is 285 g/mol. The number of carbonyl (C=O) groups is 1. The van der Waals surface area contributed by atoms with E-state index in [1.165, 1.54) is 0 Å². The van der Waals surface area contributed by atoms with Crippen LogP contribution >= 0.6 is 0 Å². The molecule has 110 valence electrons. The molecular formula is C17H19NO3. The van der Waals surface area contributed by atoms with Crippen LogP contribution in [0.4, 0.5) is 0 Å². The largest absolute Gasteiger partial charge is 0.493 e. The van der Waals surface area contributed by atoms with Gasteiger partial charge in [0.1, 0.15) is 11.0 Å². The first-order chi connectivity index (χ1) is 10.1. The lowest BCUT2D eigenvalue weighted by Gasteiger charge is -2.44. The van der Waals surface area contributed by atoms with Crippen LogP contribution in [0.5, 0.6) is 0 Å². The molecule has 1 aliphatic heterocycles. The number of rotatable bonds is 6. The third kappa shape index (κ3) is 2.29. The van der Waals surface area contributed by atoms with Gasteiger partial charge in [-0.15, -0.1) is 0 Å². The minimum absolute atomic E-state index is 0.173. The van der Waals surface area contributed by atoms with E-state index >= 15 is 0 Å². The smallest absolute Gasteiger partial charge is 0.318 e. The van der Waals surface area contributed by atoms with Crippen LogP contribution in [0, 0.1) is 11.3 Å². The van der Waals surface area contributed by atoms with E-state index in [2.05, 4.69) is 6.07 Å². The third-order valence-corrected chi connectivity index (χ3v) is 4.43. The summed E-state index contributed by atoms with van der Waals surface area (Å²) in [6.07, 6.45) is 4.94. The molecule has 0 amide bonds. The van der Waals surface area contributed by atoms with Gasteiger partial charge < -0.3 is 9.84 Å². The second-order valence-electron chi connectivity index (χ2n) is 5.28. The average molecular weight is 285 g/mol. The molecule has 1 aliphatic rings. The normalized spacial score (nSPS) is 23.0. The second kappa shape index (κ2) is 6.01. The molecule has 0 fully saturated rings. The highest BCUT2D eigenvalue weighted by Crippen LogP contribution is 2.48. The van der Waals surface area contributed by atoms with Crippen LogP contribution in [0.2, 0.25) is 0 Å². The van der Waals surface area contributed by atoms with E-state index in [0.29, 0.717) is 18.4 Å². The maximum atomic E-state index is 12.3. The number of aliphatic carboxylic acids is 1. The Morgan fingerprint density at radius 1 is 1.48 bits per heavy atom. The van der Waals surface area contributed by atoms with Gasteiger partial charge in [0, 0.05) is 12.8 Å². The summed E-state index contributed by atoms with van der Waals surface area (Å²) in [5.41, 5.74) is -1.36. The van der Waals surface area contributed by atoms with Gasteiger partial charge in [0.15, 0.2) is 0 Å². The van der Waals surface area contributed by atoms with Crippen LogP contribution in [0.15, 0.2) is 42.7 Å². The zero-order valence-corrected chi connectivity index (χ0v) is 12.1. The molecule has 4 heteroatoms. The lowest BCUT2D eigenvalue weighted by molar-refractivity contribution is -0.157. The first kappa shape index (κ1) is 15.1. The van der Waals surface area contributed by atoms with Gasteiger partial charge in [-0.2, -0.15) is 5.26 Å². The Morgan fingerprint density at radius 2 is 2.19 bits per heavy atom. The van der Waals surface area contributed by atoms with Crippen molar-refractivity contribution < 1.29 is 14.6 Å². The summed E-state index contributed by atoms with van der Waals surface area (Å²) < 4.78 is 5.80. The number of carboxylic acids is 1.